The molecule has 4 rings (SSSR count). The second-order valence-corrected chi connectivity index (χ2v) is 7.37. The number of piperidine rings is 1. The maximum atomic E-state index is 13.0. The van der Waals surface area contributed by atoms with Crippen molar-refractivity contribution < 1.29 is 23.1 Å². The lowest BCUT2D eigenvalue weighted by atomic mass is 9.99. The van der Waals surface area contributed by atoms with Crippen molar-refractivity contribution >= 4 is 16.9 Å². The van der Waals surface area contributed by atoms with E-state index in [1.54, 1.807) is 16.8 Å². The van der Waals surface area contributed by atoms with E-state index in [1.165, 1.54) is 6.92 Å². The van der Waals surface area contributed by atoms with Crippen LogP contribution >= 0.6 is 0 Å². The van der Waals surface area contributed by atoms with Gasteiger partial charge in [-0.3, -0.25) is 9.48 Å². The summed E-state index contributed by atoms with van der Waals surface area (Å²) < 4.78 is 40.6. The summed E-state index contributed by atoms with van der Waals surface area (Å²) in [6.07, 6.45) is -1.62. The molecule has 1 aliphatic rings. The van der Waals surface area contributed by atoms with Gasteiger partial charge in [-0.05, 0) is 50.1 Å². The number of aryl methyl sites for hydroxylation is 1. The zero-order chi connectivity index (χ0) is 20.9. The van der Waals surface area contributed by atoms with Crippen LogP contribution in [0, 0.1) is 6.92 Å². The van der Waals surface area contributed by atoms with Crippen molar-refractivity contribution in [1.82, 2.24) is 20.1 Å². The average Bonchev–Trinajstić information content (AvgIpc) is 3.03. The highest BCUT2D eigenvalue weighted by Crippen LogP contribution is 2.38. The van der Waals surface area contributed by atoms with Gasteiger partial charge in [0.1, 0.15) is 5.75 Å². The molecule has 3 heterocycles. The van der Waals surface area contributed by atoms with Gasteiger partial charge in [-0.1, -0.05) is 0 Å². The van der Waals surface area contributed by atoms with E-state index in [0.717, 1.165) is 11.5 Å². The Hall–Kier alpha value is -3.10. The number of carbonyl (C=O) groups is 1. The van der Waals surface area contributed by atoms with Crippen LogP contribution in [-0.2, 0) is 11.0 Å². The van der Waals surface area contributed by atoms with E-state index in [9.17, 15) is 23.1 Å². The van der Waals surface area contributed by atoms with Crippen LogP contribution in [0.2, 0.25) is 0 Å². The maximum Gasteiger partial charge on any atom is 0.416 e. The molecule has 3 aromatic rings. The number of hydrogen-bond donors (Lipinski definition) is 2. The van der Waals surface area contributed by atoms with Crippen molar-refractivity contribution in [2.24, 2.45) is 0 Å². The van der Waals surface area contributed by atoms with Crippen LogP contribution in [0.3, 0.4) is 0 Å². The highest BCUT2D eigenvalue weighted by molar-refractivity contribution is 5.81. The molecule has 1 aliphatic heterocycles. The molecule has 0 radical (unpaired) electrons. The molecule has 1 aromatic carbocycles. The molecule has 6 nitrogen and oxygen atoms in total. The van der Waals surface area contributed by atoms with Gasteiger partial charge in [0.05, 0.1) is 17.3 Å². The number of hydrogen-bond acceptors (Lipinski definition) is 4. The third kappa shape index (κ3) is 3.52. The summed E-state index contributed by atoms with van der Waals surface area (Å²) in [6, 6.07) is 5.03. The van der Waals surface area contributed by atoms with E-state index in [2.05, 4.69) is 15.4 Å². The largest absolute Gasteiger partial charge is 0.507 e. The molecule has 2 N–H and O–H groups in total. The predicted octanol–water partition coefficient (Wildman–Crippen LogP) is 3.97. The molecule has 1 amide bonds. The van der Waals surface area contributed by atoms with E-state index in [4.69, 9.17) is 0 Å². The van der Waals surface area contributed by atoms with Gasteiger partial charge in [-0.15, -0.1) is 0 Å². The Kier molecular flexibility index (Phi) is 4.48. The Bertz CT molecular complexity index is 1080. The molecular formula is C20H19F3N4O2. The monoisotopic (exact) mass is 404 g/mol. The second-order valence-electron chi connectivity index (χ2n) is 7.37. The van der Waals surface area contributed by atoms with Crippen LogP contribution in [0.15, 0.2) is 30.5 Å². The fourth-order valence-corrected chi connectivity index (χ4v) is 3.81. The van der Waals surface area contributed by atoms with Crippen molar-refractivity contribution in [1.29, 1.82) is 0 Å². The highest BCUT2D eigenvalue weighted by Gasteiger charge is 2.32. The Morgan fingerprint density at radius 3 is 2.69 bits per heavy atom. The smallest absolute Gasteiger partial charge is 0.416 e. The first kappa shape index (κ1) is 19.2. The number of nitrogens with zero attached hydrogens (tertiary/aromatic N) is 3. The first-order chi connectivity index (χ1) is 13.6. The van der Waals surface area contributed by atoms with E-state index < -0.39 is 17.5 Å². The van der Waals surface area contributed by atoms with Crippen molar-refractivity contribution in [2.45, 2.75) is 44.9 Å². The third-order valence-electron chi connectivity index (χ3n) is 5.26. The van der Waals surface area contributed by atoms with Gasteiger partial charge >= 0.3 is 6.18 Å². The van der Waals surface area contributed by atoms with Gasteiger partial charge in [0.2, 0.25) is 5.91 Å². The molecule has 0 bridgehead atoms. The zero-order valence-electron chi connectivity index (χ0n) is 15.8. The minimum atomic E-state index is -4.54. The molecule has 0 aliphatic carbocycles. The number of halogens is 3. The number of aromatic hydroxyl groups is 1. The number of rotatable bonds is 2. The summed E-state index contributed by atoms with van der Waals surface area (Å²) in [6.45, 7) is 3.41. The zero-order valence-corrected chi connectivity index (χ0v) is 15.8. The van der Waals surface area contributed by atoms with E-state index in [0.29, 0.717) is 30.2 Å². The average molecular weight is 404 g/mol. The van der Waals surface area contributed by atoms with Crippen molar-refractivity contribution in [3.8, 4) is 17.0 Å². The van der Waals surface area contributed by atoms with Gasteiger partial charge < -0.3 is 10.4 Å². The molecular weight excluding hydrogens is 385 g/mol. The third-order valence-corrected chi connectivity index (χ3v) is 5.26. The molecule has 0 spiro atoms. The number of phenolic OH excluding ortho intramolecular Hbond substituents is 1. The van der Waals surface area contributed by atoms with Crippen LogP contribution in [0.4, 0.5) is 13.2 Å². The Morgan fingerprint density at radius 1 is 1.28 bits per heavy atom. The molecule has 0 saturated carbocycles. The fourth-order valence-electron chi connectivity index (χ4n) is 3.81. The number of fused-ring (bicyclic) bond motifs is 1. The number of pyridine rings is 1. The fraction of sp³-hybridized carbons (Fsp3) is 0.350. The van der Waals surface area contributed by atoms with Crippen molar-refractivity contribution in [3.05, 3.63) is 41.6 Å². The van der Waals surface area contributed by atoms with Gasteiger partial charge in [-0.2, -0.15) is 18.3 Å². The van der Waals surface area contributed by atoms with Crippen molar-refractivity contribution in [2.75, 3.05) is 0 Å². The summed E-state index contributed by atoms with van der Waals surface area (Å²) >= 11 is 0. The maximum absolute atomic E-state index is 13.0. The van der Waals surface area contributed by atoms with Gasteiger partial charge in [-0.25, -0.2) is 4.98 Å². The Labute approximate surface area is 164 Å². The highest BCUT2D eigenvalue weighted by atomic mass is 19.4. The minimum Gasteiger partial charge on any atom is -0.507 e. The molecule has 2 unspecified atom stereocenters. The molecule has 29 heavy (non-hydrogen) atoms. The SMILES string of the molecule is Cc1cc(C(F)(F)F)cc(O)c1-c1ccc2cn(C3CCC(=O)NC3C)nc2n1. The molecule has 1 fully saturated rings. The number of phenols is 1. The Balaban J connectivity index is 1.73. The molecule has 2 atom stereocenters. The molecule has 9 heteroatoms. The van der Waals surface area contributed by atoms with Crippen LogP contribution in [-0.4, -0.2) is 31.8 Å². The quantitative estimate of drug-likeness (QED) is 0.677. The number of benzene rings is 1. The first-order valence-electron chi connectivity index (χ1n) is 9.20. The van der Waals surface area contributed by atoms with Crippen LogP contribution in [0.1, 0.15) is 36.9 Å². The van der Waals surface area contributed by atoms with Crippen molar-refractivity contribution in [3.63, 3.8) is 0 Å². The topological polar surface area (TPSA) is 80.0 Å². The molecule has 1 saturated heterocycles. The standard InChI is InChI=1S/C20H19F3N4O2/c1-10-7-13(20(21,22)23)8-16(28)18(10)14-4-3-12-9-27(26-19(12)25-14)15-5-6-17(29)24-11(15)2/h3-4,7-9,11,15,28H,5-6H2,1-2H3,(H,24,29). The summed E-state index contributed by atoms with van der Waals surface area (Å²) in [7, 11) is 0. The number of amides is 1. The summed E-state index contributed by atoms with van der Waals surface area (Å²) in [4.78, 5) is 16.0. The number of nitrogens with one attached hydrogen (secondary N) is 1. The lowest BCUT2D eigenvalue weighted by Gasteiger charge is -2.29. The van der Waals surface area contributed by atoms with E-state index in [1.807, 2.05) is 13.1 Å². The normalized spacial score (nSPS) is 20.1. The van der Waals surface area contributed by atoms with E-state index >= 15 is 0 Å². The summed E-state index contributed by atoms with van der Waals surface area (Å²) in [5, 5.41) is 18.4. The minimum absolute atomic E-state index is 0.00782. The van der Waals surface area contributed by atoms with Crippen LogP contribution < -0.4 is 5.32 Å². The number of alkyl halides is 3. The lowest BCUT2D eigenvalue weighted by molar-refractivity contribution is -0.137. The van der Waals surface area contributed by atoms with E-state index in [-0.39, 0.29) is 29.1 Å². The number of aromatic nitrogens is 3. The summed E-state index contributed by atoms with van der Waals surface area (Å²) in [5.74, 6) is -0.466. The number of carbonyl (C=O) groups excluding carboxylic acids is 1. The van der Waals surface area contributed by atoms with Crippen LogP contribution in [0.25, 0.3) is 22.3 Å². The lowest BCUT2D eigenvalue weighted by Crippen LogP contribution is -2.43. The molecule has 152 valence electrons. The Morgan fingerprint density at radius 2 is 2.03 bits per heavy atom. The van der Waals surface area contributed by atoms with Gasteiger partial charge in [0.25, 0.3) is 0 Å². The first-order valence-corrected chi connectivity index (χ1v) is 9.20. The molecule has 2 aromatic heterocycles. The second kappa shape index (κ2) is 6.75. The predicted molar refractivity (Wildman–Crippen MR) is 100 cm³/mol. The summed E-state index contributed by atoms with van der Waals surface area (Å²) in [5.41, 5.74) is 0.372. The van der Waals surface area contributed by atoms with Crippen LogP contribution in [0.5, 0.6) is 5.75 Å². The van der Waals surface area contributed by atoms with Gasteiger partial charge in [0, 0.05) is 29.6 Å². The van der Waals surface area contributed by atoms with Gasteiger partial charge in [0.15, 0.2) is 5.65 Å².